The molecule has 1 aromatic rings. The normalized spacial score (nSPS) is 26.4. The van der Waals surface area contributed by atoms with Gasteiger partial charge in [0.1, 0.15) is 6.10 Å². The van der Waals surface area contributed by atoms with Gasteiger partial charge < -0.3 is 14.9 Å². The van der Waals surface area contributed by atoms with Crippen molar-refractivity contribution in [3.8, 4) is 0 Å². The maximum atomic E-state index is 11.6. The molecule has 0 unspecified atom stereocenters. The van der Waals surface area contributed by atoms with Crippen molar-refractivity contribution >= 4 is 5.88 Å². The minimum absolute atomic E-state index is 0.0940. The summed E-state index contributed by atoms with van der Waals surface area (Å²) in [6.45, 7) is 3.21. The van der Waals surface area contributed by atoms with Crippen molar-refractivity contribution < 1.29 is 14.9 Å². The van der Waals surface area contributed by atoms with Crippen molar-refractivity contribution in [1.82, 2.24) is 9.55 Å². The van der Waals surface area contributed by atoms with E-state index in [0.717, 1.165) is 4.57 Å². The van der Waals surface area contributed by atoms with Crippen molar-refractivity contribution in [2.24, 2.45) is 5.92 Å². The van der Waals surface area contributed by atoms with Gasteiger partial charge in [-0.15, -0.1) is 0 Å². The third-order valence-electron chi connectivity index (χ3n) is 3.38. The standard InChI is InChI=1S/C12H16N2O5/c1-7(2)12(6-15)8(16)5-10(19-12)14-4-3-9(17)13-11(14)18/h3-5,7-8,15-16H,6H2,1-2H3,(H,13,17,18)/t8-,12-/m0/s1. The number of aromatic nitrogens is 2. The molecule has 2 rings (SSSR count). The van der Waals surface area contributed by atoms with E-state index in [1.165, 1.54) is 18.3 Å². The molecule has 0 aromatic carbocycles. The monoisotopic (exact) mass is 268 g/mol. The molecular weight excluding hydrogens is 252 g/mol. The lowest BCUT2D eigenvalue weighted by Gasteiger charge is -2.34. The molecule has 3 N–H and O–H groups in total. The summed E-state index contributed by atoms with van der Waals surface area (Å²) in [6.07, 6.45) is 1.56. The van der Waals surface area contributed by atoms with E-state index < -0.39 is 23.0 Å². The zero-order chi connectivity index (χ0) is 14.2. The molecule has 1 aliphatic heterocycles. The number of nitrogens with zero attached hydrogens (tertiary/aromatic N) is 1. The van der Waals surface area contributed by atoms with Crippen molar-refractivity contribution in [2.45, 2.75) is 25.6 Å². The zero-order valence-corrected chi connectivity index (χ0v) is 10.7. The van der Waals surface area contributed by atoms with Crippen molar-refractivity contribution in [1.29, 1.82) is 0 Å². The summed E-state index contributed by atoms with van der Waals surface area (Å²) < 4.78 is 6.65. The van der Waals surface area contributed by atoms with Crippen LogP contribution in [0.25, 0.3) is 5.88 Å². The fourth-order valence-electron chi connectivity index (χ4n) is 2.05. The summed E-state index contributed by atoms with van der Waals surface area (Å²) in [5.41, 5.74) is -2.36. The summed E-state index contributed by atoms with van der Waals surface area (Å²) in [5.74, 6) is -0.0730. The predicted octanol–water partition coefficient (Wildman–Crippen LogP) is -0.887. The number of nitrogens with one attached hydrogen (secondary N) is 1. The Balaban J connectivity index is 2.42. The van der Waals surface area contributed by atoms with Crippen LogP contribution < -0.4 is 11.2 Å². The maximum Gasteiger partial charge on any atom is 0.335 e. The van der Waals surface area contributed by atoms with Gasteiger partial charge in [0.2, 0.25) is 5.88 Å². The van der Waals surface area contributed by atoms with Crippen LogP contribution in [0, 0.1) is 5.92 Å². The Hall–Kier alpha value is -1.86. The second-order valence-electron chi connectivity index (χ2n) is 4.80. The van der Waals surface area contributed by atoms with Crippen molar-refractivity contribution in [2.75, 3.05) is 6.61 Å². The first-order chi connectivity index (χ1) is 8.90. The molecule has 0 aliphatic carbocycles. The molecule has 0 radical (unpaired) electrons. The quantitative estimate of drug-likeness (QED) is 0.660. The second-order valence-corrected chi connectivity index (χ2v) is 4.80. The van der Waals surface area contributed by atoms with Gasteiger partial charge in [-0.3, -0.25) is 9.78 Å². The van der Waals surface area contributed by atoms with Crippen LogP contribution in [0.4, 0.5) is 0 Å². The number of aliphatic hydroxyl groups excluding tert-OH is 2. The summed E-state index contributed by atoms with van der Waals surface area (Å²) in [5, 5.41) is 19.5. The van der Waals surface area contributed by atoms with Gasteiger partial charge in [0, 0.05) is 18.3 Å². The summed E-state index contributed by atoms with van der Waals surface area (Å²) in [4.78, 5) is 24.7. The summed E-state index contributed by atoms with van der Waals surface area (Å²) >= 11 is 0. The number of H-pyrrole nitrogens is 1. The minimum atomic E-state index is -1.18. The third kappa shape index (κ3) is 2.11. The highest BCUT2D eigenvalue weighted by molar-refractivity contribution is 5.44. The number of aliphatic hydroxyl groups is 2. The Kier molecular flexibility index (Phi) is 3.34. The first-order valence-corrected chi connectivity index (χ1v) is 5.93. The first-order valence-electron chi connectivity index (χ1n) is 5.93. The molecule has 0 saturated heterocycles. The summed E-state index contributed by atoms with van der Waals surface area (Å²) in [7, 11) is 0. The van der Waals surface area contributed by atoms with E-state index in [1.807, 2.05) is 0 Å². The molecule has 0 saturated carbocycles. The summed E-state index contributed by atoms with van der Waals surface area (Å²) in [6, 6.07) is 1.17. The van der Waals surface area contributed by atoms with Crippen molar-refractivity contribution in [3.05, 3.63) is 39.2 Å². The molecule has 0 bridgehead atoms. The van der Waals surface area contributed by atoms with E-state index >= 15 is 0 Å². The van der Waals surface area contributed by atoms with Gasteiger partial charge in [-0.1, -0.05) is 13.8 Å². The highest BCUT2D eigenvalue weighted by Gasteiger charge is 2.47. The second kappa shape index (κ2) is 4.67. The lowest BCUT2D eigenvalue weighted by atomic mass is 9.86. The van der Waals surface area contributed by atoms with E-state index in [0.29, 0.717) is 0 Å². The van der Waals surface area contributed by atoms with Crippen LogP contribution in [0.2, 0.25) is 0 Å². The van der Waals surface area contributed by atoms with E-state index in [-0.39, 0.29) is 18.4 Å². The molecule has 1 aliphatic rings. The van der Waals surface area contributed by atoms with Gasteiger partial charge in [0.25, 0.3) is 5.56 Å². The number of ether oxygens (including phenoxy) is 1. The molecule has 2 atom stereocenters. The van der Waals surface area contributed by atoms with E-state index in [9.17, 15) is 19.8 Å². The van der Waals surface area contributed by atoms with Gasteiger partial charge >= 0.3 is 5.69 Å². The fourth-order valence-corrected chi connectivity index (χ4v) is 2.05. The highest BCUT2D eigenvalue weighted by atomic mass is 16.5. The average molecular weight is 268 g/mol. The Labute approximate surface area is 108 Å². The van der Waals surface area contributed by atoms with E-state index in [4.69, 9.17) is 4.74 Å². The van der Waals surface area contributed by atoms with Crippen LogP contribution in [0.1, 0.15) is 13.8 Å². The van der Waals surface area contributed by atoms with Gasteiger partial charge in [0.15, 0.2) is 5.60 Å². The zero-order valence-electron chi connectivity index (χ0n) is 10.7. The molecule has 0 fully saturated rings. The maximum absolute atomic E-state index is 11.6. The first kappa shape index (κ1) is 13.6. The van der Waals surface area contributed by atoms with Crippen molar-refractivity contribution in [3.63, 3.8) is 0 Å². The average Bonchev–Trinajstić information content (AvgIpc) is 2.67. The lowest BCUT2D eigenvalue weighted by molar-refractivity contribution is -0.0992. The number of rotatable bonds is 3. The minimum Gasteiger partial charge on any atom is -0.466 e. The van der Waals surface area contributed by atoms with Gasteiger partial charge in [-0.2, -0.15) is 0 Å². The molecule has 7 nitrogen and oxygen atoms in total. The van der Waals surface area contributed by atoms with Crippen LogP contribution in [0.15, 0.2) is 27.9 Å². The lowest BCUT2D eigenvalue weighted by Crippen LogP contribution is -2.48. The fraction of sp³-hybridized carbons (Fsp3) is 0.500. The molecule has 7 heteroatoms. The highest BCUT2D eigenvalue weighted by Crippen LogP contribution is 2.36. The topological polar surface area (TPSA) is 105 Å². The Morgan fingerprint density at radius 1 is 1.53 bits per heavy atom. The smallest absolute Gasteiger partial charge is 0.335 e. The van der Waals surface area contributed by atoms with Crippen LogP contribution in [0.5, 0.6) is 0 Å². The largest absolute Gasteiger partial charge is 0.466 e. The molecule has 2 heterocycles. The van der Waals surface area contributed by atoms with Crippen LogP contribution >= 0.6 is 0 Å². The molecule has 0 amide bonds. The van der Waals surface area contributed by atoms with Gasteiger partial charge in [-0.25, -0.2) is 9.36 Å². The molecular formula is C12H16N2O5. The molecule has 1 aromatic heterocycles. The Morgan fingerprint density at radius 2 is 2.21 bits per heavy atom. The predicted molar refractivity (Wildman–Crippen MR) is 67.3 cm³/mol. The molecule has 104 valence electrons. The Bertz CT molecular complexity index is 615. The number of hydrogen-bond donors (Lipinski definition) is 3. The molecule has 0 spiro atoms. The third-order valence-corrected chi connectivity index (χ3v) is 3.38. The van der Waals surface area contributed by atoms with Gasteiger partial charge in [0.05, 0.1) is 6.61 Å². The van der Waals surface area contributed by atoms with E-state index in [2.05, 4.69) is 4.98 Å². The SMILES string of the molecule is CC(C)[C@]1(CO)OC(n2ccc(=O)[nH]c2=O)=C[C@@H]1O. The van der Waals surface area contributed by atoms with Crippen LogP contribution in [0.3, 0.4) is 0 Å². The van der Waals surface area contributed by atoms with Gasteiger partial charge in [-0.05, 0) is 5.92 Å². The number of aromatic amines is 1. The van der Waals surface area contributed by atoms with Crippen LogP contribution in [-0.4, -0.2) is 38.1 Å². The number of hydrogen-bond acceptors (Lipinski definition) is 5. The Morgan fingerprint density at radius 3 is 2.68 bits per heavy atom. The van der Waals surface area contributed by atoms with Crippen LogP contribution in [-0.2, 0) is 4.74 Å². The van der Waals surface area contributed by atoms with E-state index in [1.54, 1.807) is 13.8 Å². The molecule has 19 heavy (non-hydrogen) atoms.